The maximum absolute atomic E-state index is 13.4. The molecule has 0 amide bonds. The first kappa shape index (κ1) is 43.5. The van der Waals surface area contributed by atoms with Crippen LogP contribution in [0, 0.1) is 11.8 Å². The van der Waals surface area contributed by atoms with Gasteiger partial charge in [0.2, 0.25) is 17.3 Å². The molecule has 3 N–H and O–H groups in total. The number of fused-ring (bicyclic) bond motifs is 4. The lowest BCUT2D eigenvalue weighted by atomic mass is 9.65. The number of Topliss-reactive ketones (excluding diaryl/α,β-unsaturated/α-hetero) is 2. The maximum atomic E-state index is 13.4. The number of carbonyl (C=O) groups is 4. The molecule has 6 atom stereocenters. The van der Waals surface area contributed by atoms with Gasteiger partial charge in [0.25, 0.3) is 5.88 Å². The second-order valence-corrected chi connectivity index (χ2v) is 15.4. The highest BCUT2D eigenvalue weighted by Gasteiger charge is 2.63. The standard InChI is InChI=1S/2C24H24N2O5/c2*1-3-13-26(14-4-2)20-17-11-8-12-18(27)24(17,29)22(28)19-21(20)31-25-23(19)30-15-16-9-6-5-7-10-16/h2*3-10,12,17,20,29H,1-2,11,13-15H2/p+1/t17?,20-,24+;17?,20-,24-/m00/s1. The molecule has 0 radical (unpaired) electrons. The Morgan fingerprint density at radius 3 is 1.61 bits per heavy atom. The van der Waals surface area contributed by atoms with Gasteiger partial charge in [-0.05, 0) is 41.3 Å². The normalized spacial score (nSPS) is 24.6. The van der Waals surface area contributed by atoms with E-state index in [0.29, 0.717) is 44.8 Å². The molecule has 0 saturated carbocycles. The Balaban J connectivity index is 0.000000186. The Labute approximate surface area is 358 Å². The lowest BCUT2D eigenvalue weighted by Gasteiger charge is -2.45. The third kappa shape index (κ3) is 7.77. The Bertz CT molecular complexity index is 2230. The van der Waals surface area contributed by atoms with Crippen molar-refractivity contribution in [3.63, 3.8) is 0 Å². The number of aromatic nitrogens is 2. The summed E-state index contributed by atoms with van der Waals surface area (Å²) in [5.74, 6) is -3.44. The lowest BCUT2D eigenvalue weighted by molar-refractivity contribution is -0.617. The van der Waals surface area contributed by atoms with Crippen molar-refractivity contribution >= 4 is 23.1 Å². The van der Waals surface area contributed by atoms with E-state index >= 15 is 0 Å². The fraction of sp³-hybridized carbons (Fsp3) is 0.292. The van der Waals surface area contributed by atoms with Gasteiger partial charge in [-0.3, -0.25) is 29.0 Å². The van der Waals surface area contributed by atoms with Crippen LogP contribution < -0.4 is 14.6 Å². The van der Waals surface area contributed by atoms with Crippen LogP contribution >= 0.6 is 0 Å². The molecule has 14 heteroatoms. The van der Waals surface area contributed by atoms with Crippen LogP contribution in [0.5, 0.6) is 11.8 Å². The van der Waals surface area contributed by atoms with E-state index in [1.54, 1.807) is 36.5 Å². The van der Waals surface area contributed by atoms with Gasteiger partial charge in [-0.15, -0.1) is 26.3 Å². The molecular formula is C48H49N4O10+. The van der Waals surface area contributed by atoms with E-state index in [2.05, 4.69) is 36.6 Å². The summed E-state index contributed by atoms with van der Waals surface area (Å²) in [6, 6.07) is 17.7. The molecule has 0 spiro atoms. The molecule has 2 aromatic heterocycles. The third-order valence-electron chi connectivity index (χ3n) is 11.7. The molecule has 4 aromatic rings. The summed E-state index contributed by atoms with van der Waals surface area (Å²) in [6.45, 7) is 17.3. The number of benzene rings is 2. The minimum absolute atomic E-state index is 0.0152. The summed E-state index contributed by atoms with van der Waals surface area (Å²) in [7, 11) is 0. The van der Waals surface area contributed by atoms with Gasteiger partial charge < -0.3 is 24.2 Å². The molecule has 4 aliphatic rings. The topological polar surface area (TPSA) is 187 Å². The smallest absolute Gasteiger partial charge is 0.424 e. The maximum Gasteiger partial charge on any atom is 0.424 e. The number of H-pyrrole nitrogens is 1. The quantitative estimate of drug-likeness (QED) is 0.107. The minimum atomic E-state index is -2.20. The molecule has 2 unspecified atom stereocenters. The van der Waals surface area contributed by atoms with Gasteiger partial charge in [0.15, 0.2) is 34.1 Å². The number of ketones is 4. The van der Waals surface area contributed by atoms with Crippen molar-refractivity contribution in [2.45, 2.75) is 49.3 Å². The fourth-order valence-corrected chi connectivity index (χ4v) is 8.83. The molecule has 2 aromatic carbocycles. The van der Waals surface area contributed by atoms with Crippen LogP contribution in [0.2, 0.25) is 0 Å². The number of hydrogen-bond acceptors (Lipinski definition) is 13. The van der Waals surface area contributed by atoms with Crippen LogP contribution in [-0.4, -0.2) is 85.7 Å². The number of nitrogens with one attached hydrogen (secondary N) is 1. The molecule has 320 valence electrons. The first-order valence-electron chi connectivity index (χ1n) is 20.3. The van der Waals surface area contributed by atoms with E-state index in [1.165, 1.54) is 12.2 Å². The van der Waals surface area contributed by atoms with Gasteiger partial charge in [0.05, 0.1) is 12.1 Å². The van der Waals surface area contributed by atoms with Gasteiger partial charge in [0.1, 0.15) is 18.8 Å². The van der Waals surface area contributed by atoms with E-state index in [9.17, 15) is 29.4 Å². The largest absolute Gasteiger partial charge is 0.470 e. The summed E-state index contributed by atoms with van der Waals surface area (Å²) in [5, 5.41) is 29.5. The SMILES string of the molecule is C=CCN(CC=C)[C@@H]1c2o[nH+]c(OCc3ccccc3)c2C(=O)[C@@]2(O)C(=O)C=CCC12.C=CCN(CC=C)[C@@H]1c2onc(OCc3ccccc3)c2C(=O)[C@]2(O)C(=O)C=CCC12. The van der Waals surface area contributed by atoms with Crippen molar-refractivity contribution < 1.29 is 53.1 Å². The average Bonchev–Trinajstić information content (AvgIpc) is 3.90. The zero-order valence-corrected chi connectivity index (χ0v) is 34.2. The summed E-state index contributed by atoms with van der Waals surface area (Å²) in [5.41, 5.74) is -2.52. The Morgan fingerprint density at radius 1 is 0.677 bits per heavy atom. The monoisotopic (exact) mass is 841 g/mol. The van der Waals surface area contributed by atoms with Crippen molar-refractivity contribution in [2.24, 2.45) is 11.8 Å². The number of allylic oxidation sites excluding steroid dienone is 2. The number of ether oxygens (including phenoxy) is 2. The summed E-state index contributed by atoms with van der Waals surface area (Å²) < 4.78 is 23.0. The summed E-state index contributed by atoms with van der Waals surface area (Å²) in [6.07, 6.45) is 13.5. The minimum Gasteiger partial charge on any atom is -0.470 e. The predicted octanol–water partition coefficient (Wildman–Crippen LogP) is 5.50. The highest BCUT2D eigenvalue weighted by molar-refractivity contribution is 6.24. The average molecular weight is 842 g/mol. The van der Waals surface area contributed by atoms with Gasteiger partial charge in [0, 0.05) is 43.2 Å². The zero-order valence-electron chi connectivity index (χ0n) is 34.2. The Kier molecular flexibility index (Phi) is 13.0. The molecule has 14 nitrogen and oxygen atoms in total. The van der Waals surface area contributed by atoms with Crippen LogP contribution in [0.1, 0.15) is 68.3 Å². The van der Waals surface area contributed by atoms with Crippen LogP contribution in [0.25, 0.3) is 0 Å². The third-order valence-corrected chi connectivity index (χ3v) is 11.7. The predicted molar refractivity (Wildman–Crippen MR) is 226 cm³/mol. The van der Waals surface area contributed by atoms with E-state index in [-0.39, 0.29) is 41.9 Å². The van der Waals surface area contributed by atoms with Crippen molar-refractivity contribution in [3.8, 4) is 11.8 Å². The second kappa shape index (κ2) is 18.6. The Hall–Kier alpha value is -6.58. The Morgan fingerprint density at radius 2 is 1.13 bits per heavy atom. The molecule has 4 aliphatic carbocycles. The van der Waals surface area contributed by atoms with Gasteiger partial charge in [-0.25, -0.2) is 4.52 Å². The zero-order chi connectivity index (χ0) is 44.0. The molecule has 0 aliphatic heterocycles. The van der Waals surface area contributed by atoms with Gasteiger partial charge in [-0.1, -0.05) is 97.1 Å². The first-order chi connectivity index (χ1) is 30.0. The number of carbonyl (C=O) groups excluding carboxylic acids is 4. The van der Waals surface area contributed by atoms with E-state index < -0.39 is 58.3 Å². The summed E-state index contributed by atoms with van der Waals surface area (Å²) in [4.78, 5) is 56.3. The second-order valence-electron chi connectivity index (χ2n) is 15.4. The number of aromatic amines is 1. The van der Waals surface area contributed by atoms with Crippen molar-refractivity contribution in [1.82, 2.24) is 15.0 Å². The van der Waals surface area contributed by atoms with Gasteiger partial charge in [-0.2, -0.15) is 0 Å². The molecule has 0 fully saturated rings. The lowest BCUT2D eigenvalue weighted by Crippen LogP contribution is -2.60. The van der Waals surface area contributed by atoms with E-state index in [4.69, 9.17) is 18.5 Å². The van der Waals surface area contributed by atoms with Crippen LogP contribution in [0.4, 0.5) is 0 Å². The number of aliphatic hydroxyl groups is 2. The van der Waals surface area contributed by atoms with Crippen LogP contribution in [0.3, 0.4) is 0 Å². The van der Waals surface area contributed by atoms with E-state index in [0.717, 1.165) is 11.1 Å². The summed E-state index contributed by atoms with van der Waals surface area (Å²) >= 11 is 0. The van der Waals surface area contributed by atoms with Crippen molar-refractivity contribution in [3.05, 3.63) is 169 Å². The highest BCUT2D eigenvalue weighted by atomic mass is 16.5. The van der Waals surface area contributed by atoms with Gasteiger partial charge >= 0.3 is 5.88 Å². The number of nitrogens with zero attached hydrogens (tertiary/aromatic N) is 3. The molecule has 8 rings (SSSR count). The first-order valence-corrected chi connectivity index (χ1v) is 20.3. The van der Waals surface area contributed by atoms with Crippen molar-refractivity contribution in [1.29, 1.82) is 0 Å². The fourth-order valence-electron chi connectivity index (χ4n) is 8.83. The molecule has 0 saturated heterocycles. The highest BCUT2D eigenvalue weighted by Crippen LogP contribution is 2.51. The molecular weight excluding hydrogens is 793 g/mol. The molecule has 2 heterocycles. The molecule has 0 bridgehead atoms. The van der Waals surface area contributed by atoms with E-state index in [1.807, 2.05) is 70.5 Å². The van der Waals surface area contributed by atoms with Crippen LogP contribution in [-0.2, 0) is 22.8 Å². The number of rotatable bonds is 16. The molecule has 62 heavy (non-hydrogen) atoms. The number of hydrogen-bond donors (Lipinski definition) is 2. The van der Waals surface area contributed by atoms with Crippen LogP contribution in [0.15, 0.2) is 145 Å². The van der Waals surface area contributed by atoms with Crippen molar-refractivity contribution in [2.75, 3.05) is 26.2 Å².